The van der Waals surface area contributed by atoms with Crippen molar-refractivity contribution in [3.05, 3.63) is 0 Å². The van der Waals surface area contributed by atoms with Crippen LogP contribution in [0.15, 0.2) is 0 Å². The molecular formula is C4H7NO2S. The van der Waals surface area contributed by atoms with Gasteiger partial charge in [0, 0.05) is 13.0 Å². The minimum Gasteiger partial charge on any atom is -0.268 e. The van der Waals surface area contributed by atoms with Gasteiger partial charge in [-0.3, -0.25) is 4.90 Å². The molecule has 1 aliphatic heterocycles. The summed E-state index contributed by atoms with van der Waals surface area (Å²) in [5.74, 6) is 0. The smallest absolute Gasteiger partial charge is 0.228 e. The Labute approximate surface area is 49.4 Å². The number of hydrogen-bond donors (Lipinski definition) is 0. The molecule has 4 heteroatoms. The lowest BCUT2D eigenvalue weighted by atomic mass is 10.2. The number of nitrogens with zero attached hydrogens (tertiary/aromatic N) is 1. The third-order valence-electron chi connectivity index (χ3n) is 1.28. The van der Waals surface area contributed by atoms with E-state index >= 15 is 0 Å². The Bertz CT molecular complexity index is 208. The van der Waals surface area contributed by atoms with Gasteiger partial charge in [0.05, 0.1) is 0 Å². The van der Waals surface area contributed by atoms with Crippen LogP contribution < -0.4 is 0 Å². The van der Waals surface area contributed by atoms with Crippen LogP contribution in [-0.4, -0.2) is 31.9 Å². The molecule has 46 valence electrons. The molecule has 0 aromatic rings. The highest BCUT2D eigenvalue weighted by Crippen LogP contribution is 2.03. The molecule has 0 radical (unpaired) electrons. The third kappa shape index (κ3) is 0.763. The van der Waals surface area contributed by atoms with Crippen molar-refractivity contribution in [3.63, 3.8) is 0 Å². The van der Waals surface area contributed by atoms with Crippen LogP contribution in [0.25, 0.3) is 0 Å². The highest BCUT2D eigenvalue weighted by molar-refractivity contribution is 7.72. The van der Waals surface area contributed by atoms with Gasteiger partial charge in [-0.2, -0.15) is 8.42 Å². The molecule has 1 aliphatic rings. The molecule has 1 saturated heterocycles. The topological polar surface area (TPSA) is 37.4 Å². The van der Waals surface area contributed by atoms with Crippen LogP contribution >= 0.6 is 0 Å². The fourth-order valence-corrected chi connectivity index (χ4v) is 1.24. The van der Waals surface area contributed by atoms with Gasteiger partial charge >= 0.3 is 0 Å². The Morgan fingerprint density at radius 3 is 2.25 bits per heavy atom. The van der Waals surface area contributed by atoms with E-state index in [4.69, 9.17) is 0 Å². The van der Waals surface area contributed by atoms with Crippen LogP contribution in [0, 0.1) is 0 Å². The zero-order valence-electron chi connectivity index (χ0n) is 4.59. The van der Waals surface area contributed by atoms with Crippen LogP contribution in [0.4, 0.5) is 0 Å². The molecule has 0 saturated carbocycles. The third-order valence-corrected chi connectivity index (χ3v) is 2.18. The minimum atomic E-state index is -1.96. The first-order chi connectivity index (χ1) is 3.72. The SMILES string of the molecule is CN1CCC1=S(=O)=O. The van der Waals surface area contributed by atoms with E-state index in [9.17, 15) is 8.42 Å². The van der Waals surface area contributed by atoms with Gasteiger partial charge in [0.2, 0.25) is 10.3 Å². The van der Waals surface area contributed by atoms with Gasteiger partial charge in [0.25, 0.3) is 0 Å². The summed E-state index contributed by atoms with van der Waals surface area (Å²) in [7, 11) is -0.189. The maximum Gasteiger partial charge on any atom is 0.228 e. The number of hydrogen-bond acceptors (Lipinski definition) is 2. The van der Waals surface area contributed by atoms with Crippen molar-refractivity contribution >= 4 is 15.3 Å². The second-order valence-corrected chi connectivity index (χ2v) is 2.74. The summed E-state index contributed by atoms with van der Waals surface area (Å²) in [6.07, 6.45) is 0.715. The first-order valence-electron chi connectivity index (χ1n) is 2.38. The van der Waals surface area contributed by atoms with Crippen LogP contribution in [0.5, 0.6) is 0 Å². The van der Waals surface area contributed by atoms with E-state index in [1.54, 1.807) is 11.9 Å². The monoisotopic (exact) mass is 133 g/mol. The van der Waals surface area contributed by atoms with Gasteiger partial charge in [-0.15, -0.1) is 0 Å². The zero-order valence-corrected chi connectivity index (χ0v) is 5.40. The molecule has 8 heavy (non-hydrogen) atoms. The van der Waals surface area contributed by atoms with E-state index in [1.165, 1.54) is 0 Å². The molecule has 0 atom stereocenters. The quantitative estimate of drug-likeness (QED) is 0.411. The summed E-state index contributed by atoms with van der Waals surface area (Å²) in [6.45, 7) is 0.878. The maximum absolute atomic E-state index is 10.1. The molecule has 0 aliphatic carbocycles. The molecule has 3 nitrogen and oxygen atoms in total. The maximum atomic E-state index is 10.1. The van der Waals surface area contributed by atoms with Crippen molar-refractivity contribution in [1.29, 1.82) is 0 Å². The van der Waals surface area contributed by atoms with Crippen molar-refractivity contribution in [2.75, 3.05) is 13.6 Å². The molecule has 0 aromatic carbocycles. The summed E-state index contributed by atoms with van der Waals surface area (Å²) in [6, 6.07) is 0. The largest absolute Gasteiger partial charge is 0.268 e. The predicted molar refractivity (Wildman–Crippen MR) is 31.2 cm³/mol. The summed E-state index contributed by atoms with van der Waals surface area (Å²) < 4.78 is 20.2. The molecule has 0 spiro atoms. The zero-order chi connectivity index (χ0) is 6.15. The van der Waals surface area contributed by atoms with Crippen molar-refractivity contribution in [3.8, 4) is 0 Å². The lowest BCUT2D eigenvalue weighted by Crippen LogP contribution is -2.40. The Kier molecular flexibility index (Phi) is 1.35. The Balaban J connectivity index is 2.92. The van der Waals surface area contributed by atoms with Crippen molar-refractivity contribution < 1.29 is 8.42 Å². The molecular weight excluding hydrogens is 126 g/mol. The van der Waals surface area contributed by atoms with Crippen LogP contribution in [0.1, 0.15) is 6.42 Å². The van der Waals surface area contributed by atoms with E-state index in [2.05, 4.69) is 0 Å². The molecule has 1 rings (SSSR count). The van der Waals surface area contributed by atoms with Crippen molar-refractivity contribution in [1.82, 2.24) is 4.90 Å². The summed E-state index contributed by atoms with van der Waals surface area (Å²) in [5, 5.41) is 0. The number of likely N-dealkylation sites (tertiary alicyclic amines) is 1. The molecule has 1 heterocycles. The van der Waals surface area contributed by atoms with Crippen molar-refractivity contribution in [2.45, 2.75) is 6.42 Å². The van der Waals surface area contributed by atoms with Gasteiger partial charge in [0.15, 0.2) is 0 Å². The fourth-order valence-electron chi connectivity index (χ4n) is 0.637. The first-order valence-corrected chi connectivity index (χ1v) is 3.45. The van der Waals surface area contributed by atoms with Gasteiger partial charge < -0.3 is 0 Å². The van der Waals surface area contributed by atoms with Gasteiger partial charge in [-0.1, -0.05) is 0 Å². The average molecular weight is 133 g/mol. The summed E-state index contributed by atoms with van der Waals surface area (Å²) in [5.41, 5.74) is 0. The minimum absolute atomic E-state index is 0.532. The second kappa shape index (κ2) is 1.87. The average Bonchev–Trinajstić information content (AvgIpc) is 1.61. The van der Waals surface area contributed by atoms with Gasteiger partial charge in [-0.05, 0) is 7.05 Å². The highest BCUT2D eigenvalue weighted by Gasteiger charge is 2.18. The molecule has 0 unspecified atom stereocenters. The van der Waals surface area contributed by atoms with Gasteiger partial charge in [0.1, 0.15) is 4.99 Å². The van der Waals surface area contributed by atoms with E-state index in [0.29, 0.717) is 11.4 Å². The standard InChI is InChI=1S/C4H7NO2S/c1-5-3-2-4(5)8(6)7/h2-3H2,1H3. The van der Waals surface area contributed by atoms with Crippen LogP contribution in [-0.2, 0) is 10.3 Å². The fraction of sp³-hybridized carbons (Fsp3) is 0.750. The Morgan fingerprint density at radius 2 is 2.25 bits per heavy atom. The number of rotatable bonds is 0. The van der Waals surface area contributed by atoms with Gasteiger partial charge in [-0.25, -0.2) is 0 Å². The second-order valence-electron chi connectivity index (χ2n) is 1.80. The molecule has 0 bridgehead atoms. The lowest BCUT2D eigenvalue weighted by molar-refractivity contribution is 0.442. The summed E-state index contributed by atoms with van der Waals surface area (Å²) in [4.78, 5) is 2.26. The molecule has 0 aromatic heterocycles. The normalized spacial score (nSPS) is 20.4. The summed E-state index contributed by atoms with van der Waals surface area (Å²) >= 11 is 0. The molecule has 0 amide bonds. The van der Waals surface area contributed by atoms with Crippen molar-refractivity contribution in [2.24, 2.45) is 0 Å². The van der Waals surface area contributed by atoms with E-state index in [-0.39, 0.29) is 0 Å². The Hall–Kier alpha value is -0.350. The lowest BCUT2D eigenvalue weighted by Gasteiger charge is -2.25. The van der Waals surface area contributed by atoms with E-state index in [1.807, 2.05) is 0 Å². The van der Waals surface area contributed by atoms with E-state index in [0.717, 1.165) is 6.54 Å². The molecule has 0 N–H and O–H groups in total. The van der Waals surface area contributed by atoms with Crippen LogP contribution in [0.2, 0.25) is 0 Å². The predicted octanol–water partition coefficient (Wildman–Crippen LogP) is -0.669. The highest BCUT2D eigenvalue weighted by atomic mass is 32.2. The Morgan fingerprint density at radius 1 is 1.62 bits per heavy atom. The molecule has 1 fully saturated rings. The van der Waals surface area contributed by atoms with Crippen LogP contribution in [0.3, 0.4) is 0 Å². The van der Waals surface area contributed by atoms with E-state index < -0.39 is 10.3 Å². The first kappa shape index (κ1) is 5.78.